The van der Waals surface area contributed by atoms with Gasteiger partial charge in [0.1, 0.15) is 4.88 Å². The molecule has 1 N–H and O–H groups in total. The van der Waals surface area contributed by atoms with E-state index in [0.717, 1.165) is 30.4 Å². The van der Waals surface area contributed by atoms with Crippen molar-refractivity contribution in [3.05, 3.63) is 10.6 Å². The number of nitrogens with one attached hydrogen (secondary N) is 1. The fourth-order valence-electron chi connectivity index (χ4n) is 1.59. The quantitative estimate of drug-likeness (QED) is 0.586. The summed E-state index contributed by atoms with van der Waals surface area (Å²) in [6.45, 7) is 4.78. The number of alkyl halides is 1. The molecule has 1 heterocycles. The van der Waals surface area contributed by atoms with Crippen molar-refractivity contribution in [2.75, 3.05) is 11.9 Å². The summed E-state index contributed by atoms with van der Waals surface area (Å²) in [6, 6.07) is 0. The van der Waals surface area contributed by atoms with Crippen LogP contribution in [0.2, 0.25) is 0 Å². The maximum absolute atomic E-state index is 11.9. The largest absolute Gasteiger partial charge is 0.351 e. The molecule has 0 fully saturated rings. The number of carbonyl (C=O) groups excluding carboxylic acids is 1. The minimum Gasteiger partial charge on any atom is -0.351 e. The van der Waals surface area contributed by atoms with E-state index < -0.39 is 0 Å². The molecule has 6 heteroatoms. The molecule has 1 aromatic heterocycles. The highest BCUT2D eigenvalue weighted by Crippen LogP contribution is 2.19. The number of hydrogen-bond acceptors (Lipinski definition) is 4. The molecule has 0 aliphatic rings. The molecular formula is C12H20BrN3OS. The molecule has 102 valence electrons. The minimum atomic E-state index is -0.0332. The third-order valence-electron chi connectivity index (χ3n) is 2.61. The van der Waals surface area contributed by atoms with Crippen molar-refractivity contribution in [1.29, 1.82) is 0 Å². The predicted octanol–water partition coefficient (Wildman–Crippen LogP) is 3.35. The Morgan fingerprint density at radius 1 is 1.33 bits per heavy atom. The summed E-state index contributed by atoms with van der Waals surface area (Å²) in [5.74, 6) is 0.206. The average Bonchev–Trinajstić information content (AvgIpc) is 2.82. The Balaban J connectivity index is 2.30. The van der Waals surface area contributed by atoms with Crippen molar-refractivity contribution in [2.45, 2.75) is 45.4 Å². The van der Waals surface area contributed by atoms with Gasteiger partial charge in [0.25, 0.3) is 5.91 Å². The summed E-state index contributed by atoms with van der Waals surface area (Å²) in [5.41, 5.74) is 0.803. The van der Waals surface area contributed by atoms with Crippen LogP contribution in [-0.2, 0) is 0 Å². The van der Waals surface area contributed by atoms with E-state index in [-0.39, 0.29) is 11.8 Å². The van der Waals surface area contributed by atoms with E-state index in [9.17, 15) is 4.79 Å². The van der Waals surface area contributed by atoms with Crippen LogP contribution < -0.4 is 5.32 Å². The molecule has 1 aromatic rings. The molecule has 0 radical (unpaired) electrons. The van der Waals surface area contributed by atoms with Gasteiger partial charge in [-0.15, -0.1) is 5.10 Å². The van der Waals surface area contributed by atoms with Crippen LogP contribution in [0.3, 0.4) is 0 Å². The highest BCUT2D eigenvalue weighted by Gasteiger charge is 2.17. The number of aromatic nitrogens is 2. The topological polar surface area (TPSA) is 54.9 Å². The van der Waals surface area contributed by atoms with Crippen molar-refractivity contribution < 1.29 is 4.79 Å². The number of nitrogens with zero attached hydrogens (tertiary/aromatic N) is 2. The highest BCUT2D eigenvalue weighted by atomic mass is 79.9. The van der Waals surface area contributed by atoms with Gasteiger partial charge in [-0.1, -0.05) is 47.1 Å². The fraction of sp³-hybridized carbons (Fsp3) is 0.750. The van der Waals surface area contributed by atoms with Gasteiger partial charge < -0.3 is 5.32 Å². The molecule has 0 saturated heterocycles. The van der Waals surface area contributed by atoms with Crippen LogP contribution in [0.1, 0.15) is 60.8 Å². The van der Waals surface area contributed by atoms with Gasteiger partial charge in [-0.05, 0) is 30.3 Å². The molecule has 0 bridgehead atoms. The van der Waals surface area contributed by atoms with Crippen molar-refractivity contribution in [2.24, 2.45) is 0 Å². The zero-order valence-electron chi connectivity index (χ0n) is 10.9. The second-order valence-corrected chi connectivity index (χ2v) is 6.05. The number of carbonyl (C=O) groups is 1. The number of hydrogen-bond donors (Lipinski definition) is 1. The monoisotopic (exact) mass is 333 g/mol. The van der Waals surface area contributed by atoms with Gasteiger partial charge in [-0.25, -0.2) is 0 Å². The molecular weight excluding hydrogens is 314 g/mol. The van der Waals surface area contributed by atoms with Crippen LogP contribution >= 0.6 is 27.5 Å². The van der Waals surface area contributed by atoms with Crippen LogP contribution in [0.4, 0.5) is 0 Å². The third-order valence-corrected chi connectivity index (χ3v) is 3.91. The van der Waals surface area contributed by atoms with E-state index in [2.05, 4.69) is 30.8 Å². The first-order valence-electron chi connectivity index (χ1n) is 6.33. The summed E-state index contributed by atoms with van der Waals surface area (Å²) < 4.78 is 3.86. The zero-order chi connectivity index (χ0) is 13.4. The summed E-state index contributed by atoms with van der Waals surface area (Å²) >= 11 is 4.59. The molecule has 0 aromatic carbocycles. The Hall–Kier alpha value is -0.490. The molecule has 1 rings (SSSR count). The van der Waals surface area contributed by atoms with E-state index in [0.29, 0.717) is 4.88 Å². The van der Waals surface area contributed by atoms with Crippen LogP contribution in [-0.4, -0.2) is 27.4 Å². The normalized spacial score (nSPS) is 10.9. The fourth-order valence-corrected chi connectivity index (χ4v) is 2.72. The van der Waals surface area contributed by atoms with Gasteiger partial charge in [0.15, 0.2) is 0 Å². The summed E-state index contributed by atoms with van der Waals surface area (Å²) in [5, 5.41) is 8.00. The molecule has 0 atom stereocenters. The lowest BCUT2D eigenvalue weighted by Crippen LogP contribution is -2.24. The molecule has 0 aliphatic carbocycles. The van der Waals surface area contributed by atoms with E-state index in [1.54, 1.807) is 0 Å². The van der Waals surface area contributed by atoms with Gasteiger partial charge in [0.2, 0.25) is 0 Å². The number of halogens is 1. The number of amides is 1. The lowest BCUT2D eigenvalue weighted by molar-refractivity contribution is 0.0955. The van der Waals surface area contributed by atoms with E-state index in [1.807, 2.05) is 13.8 Å². The smallest absolute Gasteiger partial charge is 0.264 e. The van der Waals surface area contributed by atoms with Gasteiger partial charge in [0, 0.05) is 11.9 Å². The molecule has 0 spiro atoms. The summed E-state index contributed by atoms with van der Waals surface area (Å²) in [6.07, 6.45) is 4.59. The van der Waals surface area contributed by atoms with Crippen LogP contribution in [0.5, 0.6) is 0 Å². The third kappa shape index (κ3) is 5.02. The summed E-state index contributed by atoms with van der Waals surface area (Å²) in [4.78, 5) is 12.6. The second kappa shape index (κ2) is 8.58. The molecule has 0 unspecified atom stereocenters. The van der Waals surface area contributed by atoms with Gasteiger partial charge in [-0.2, -0.15) is 0 Å². The molecule has 18 heavy (non-hydrogen) atoms. The first kappa shape index (κ1) is 15.6. The van der Waals surface area contributed by atoms with Crippen LogP contribution in [0, 0.1) is 0 Å². The van der Waals surface area contributed by atoms with Crippen molar-refractivity contribution in [3.63, 3.8) is 0 Å². The molecule has 4 nitrogen and oxygen atoms in total. The van der Waals surface area contributed by atoms with Gasteiger partial charge in [0.05, 0.1) is 5.69 Å². The Labute approximate surface area is 121 Å². The number of rotatable bonds is 8. The Kier molecular flexibility index (Phi) is 7.42. The van der Waals surface area contributed by atoms with E-state index >= 15 is 0 Å². The highest BCUT2D eigenvalue weighted by molar-refractivity contribution is 9.09. The maximum atomic E-state index is 11.9. The van der Waals surface area contributed by atoms with Crippen molar-refractivity contribution >= 4 is 33.4 Å². The Morgan fingerprint density at radius 2 is 2.06 bits per heavy atom. The first-order valence-corrected chi connectivity index (χ1v) is 8.22. The molecule has 0 aliphatic heterocycles. The lowest BCUT2D eigenvalue weighted by Gasteiger charge is -2.05. The Bertz CT molecular complexity index is 368. The van der Waals surface area contributed by atoms with Crippen molar-refractivity contribution in [3.8, 4) is 0 Å². The molecule has 1 amide bonds. The van der Waals surface area contributed by atoms with Crippen LogP contribution in [0.15, 0.2) is 0 Å². The molecule has 0 saturated carbocycles. The Morgan fingerprint density at radius 3 is 2.72 bits per heavy atom. The minimum absolute atomic E-state index is 0.0332. The van der Waals surface area contributed by atoms with Gasteiger partial charge in [-0.3, -0.25) is 4.79 Å². The standard InChI is InChI=1S/C12H20BrN3OS/c1-9(2)10-11(18-16-15-10)12(17)14-8-6-4-3-5-7-13/h9H,3-8H2,1-2H3,(H,14,17). The van der Waals surface area contributed by atoms with Crippen molar-refractivity contribution in [1.82, 2.24) is 14.9 Å². The average molecular weight is 334 g/mol. The zero-order valence-corrected chi connectivity index (χ0v) is 13.3. The SMILES string of the molecule is CC(C)c1nnsc1C(=O)NCCCCCCBr. The van der Waals surface area contributed by atoms with E-state index in [1.165, 1.54) is 24.4 Å². The first-order chi connectivity index (χ1) is 8.66. The lowest BCUT2D eigenvalue weighted by atomic mass is 10.1. The maximum Gasteiger partial charge on any atom is 0.264 e. The number of unbranched alkanes of at least 4 members (excludes halogenated alkanes) is 3. The van der Waals surface area contributed by atoms with Crippen LogP contribution in [0.25, 0.3) is 0 Å². The predicted molar refractivity (Wildman–Crippen MR) is 78.6 cm³/mol. The second-order valence-electron chi connectivity index (χ2n) is 4.50. The van der Waals surface area contributed by atoms with Gasteiger partial charge >= 0.3 is 0 Å². The van der Waals surface area contributed by atoms with E-state index in [4.69, 9.17) is 0 Å². The summed E-state index contributed by atoms with van der Waals surface area (Å²) in [7, 11) is 0.